The number of ether oxygens (including phenoxy) is 3. The zero-order valence-electron chi connectivity index (χ0n) is 13.8. The first-order valence-electron chi connectivity index (χ1n) is 6.99. The van der Waals surface area contributed by atoms with Crippen molar-refractivity contribution >= 4 is 21.7 Å². The van der Waals surface area contributed by atoms with E-state index in [0.717, 1.165) is 0 Å². The number of hydrogen-bond acceptors (Lipinski definition) is 6. The number of hydrogen-bond donors (Lipinski definition) is 2. The van der Waals surface area contributed by atoms with E-state index in [1.165, 1.54) is 57.7 Å². The van der Waals surface area contributed by atoms with E-state index >= 15 is 0 Å². The van der Waals surface area contributed by atoms with Gasteiger partial charge in [-0.25, -0.2) is 0 Å². The third kappa shape index (κ3) is 4.20. The van der Waals surface area contributed by atoms with Gasteiger partial charge in [-0.15, -0.1) is 0 Å². The molecular formula is C16H17NO7S. The normalized spacial score (nSPS) is 10.9. The Morgan fingerprint density at radius 2 is 1.48 bits per heavy atom. The first-order chi connectivity index (χ1) is 11.8. The van der Waals surface area contributed by atoms with Crippen molar-refractivity contribution in [2.24, 2.45) is 0 Å². The minimum atomic E-state index is -4.29. The summed E-state index contributed by atoms with van der Waals surface area (Å²) in [5.41, 5.74) is 0.611. The third-order valence-electron chi connectivity index (χ3n) is 3.34. The van der Waals surface area contributed by atoms with Crippen LogP contribution in [0.3, 0.4) is 0 Å². The monoisotopic (exact) mass is 367 g/mol. The van der Waals surface area contributed by atoms with Crippen molar-refractivity contribution in [3.63, 3.8) is 0 Å². The molecule has 2 aromatic rings. The molecule has 0 saturated heterocycles. The van der Waals surface area contributed by atoms with Crippen LogP contribution >= 0.6 is 0 Å². The van der Waals surface area contributed by atoms with Gasteiger partial charge in [-0.1, -0.05) is 0 Å². The molecule has 134 valence electrons. The highest BCUT2D eigenvalue weighted by Gasteiger charge is 2.17. The van der Waals surface area contributed by atoms with Gasteiger partial charge in [-0.05, 0) is 36.4 Å². The van der Waals surface area contributed by atoms with Gasteiger partial charge >= 0.3 is 0 Å². The highest BCUT2D eigenvalue weighted by Crippen LogP contribution is 2.38. The minimum absolute atomic E-state index is 0.258. The number of methoxy groups -OCH3 is 3. The summed E-state index contributed by atoms with van der Waals surface area (Å²) in [6, 6.07) is 8.06. The van der Waals surface area contributed by atoms with Crippen LogP contribution in [-0.2, 0) is 10.1 Å². The van der Waals surface area contributed by atoms with Gasteiger partial charge in [0.15, 0.2) is 11.5 Å². The van der Waals surface area contributed by atoms with E-state index in [4.69, 9.17) is 18.8 Å². The molecule has 0 heterocycles. The highest BCUT2D eigenvalue weighted by molar-refractivity contribution is 7.85. The van der Waals surface area contributed by atoms with E-state index in [0.29, 0.717) is 22.9 Å². The number of benzene rings is 2. The lowest BCUT2D eigenvalue weighted by molar-refractivity contribution is 0.102. The summed E-state index contributed by atoms with van der Waals surface area (Å²) < 4.78 is 46.6. The fourth-order valence-electron chi connectivity index (χ4n) is 2.13. The number of nitrogens with one attached hydrogen (secondary N) is 1. The van der Waals surface area contributed by atoms with Crippen molar-refractivity contribution in [1.82, 2.24) is 0 Å². The third-order valence-corrected chi connectivity index (χ3v) is 4.20. The number of rotatable bonds is 6. The molecule has 0 aliphatic carbocycles. The Hall–Kier alpha value is -2.78. The van der Waals surface area contributed by atoms with E-state index in [2.05, 4.69) is 5.32 Å². The lowest BCUT2D eigenvalue weighted by Crippen LogP contribution is -2.12. The van der Waals surface area contributed by atoms with E-state index in [1.54, 1.807) is 0 Å². The SMILES string of the molecule is COc1cc(C(=O)Nc2ccc(S(=O)(=O)O)cc2)cc(OC)c1OC. The van der Waals surface area contributed by atoms with Crippen LogP contribution in [-0.4, -0.2) is 40.2 Å². The molecule has 0 unspecified atom stereocenters. The maximum Gasteiger partial charge on any atom is 0.294 e. The molecule has 2 aromatic carbocycles. The molecule has 1 amide bonds. The van der Waals surface area contributed by atoms with Crippen molar-refractivity contribution in [3.05, 3.63) is 42.0 Å². The first-order valence-corrected chi connectivity index (χ1v) is 8.43. The zero-order valence-corrected chi connectivity index (χ0v) is 14.6. The van der Waals surface area contributed by atoms with Gasteiger partial charge in [-0.3, -0.25) is 9.35 Å². The maximum atomic E-state index is 12.4. The molecular weight excluding hydrogens is 350 g/mol. The second kappa shape index (κ2) is 7.41. The van der Waals surface area contributed by atoms with Crippen molar-refractivity contribution in [3.8, 4) is 17.2 Å². The van der Waals surface area contributed by atoms with Gasteiger partial charge in [-0.2, -0.15) is 8.42 Å². The summed E-state index contributed by atoms with van der Waals surface area (Å²) in [5, 5.41) is 2.61. The molecule has 0 fully saturated rings. The average molecular weight is 367 g/mol. The summed E-state index contributed by atoms with van der Waals surface area (Å²) in [5.74, 6) is 0.556. The Balaban J connectivity index is 2.29. The number of carbonyl (C=O) groups is 1. The van der Waals surface area contributed by atoms with Crippen LogP contribution in [0.25, 0.3) is 0 Å². The molecule has 25 heavy (non-hydrogen) atoms. The fourth-order valence-corrected chi connectivity index (χ4v) is 2.61. The first kappa shape index (κ1) is 18.6. The minimum Gasteiger partial charge on any atom is -0.493 e. The smallest absolute Gasteiger partial charge is 0.294 e. The number of anilines is 1. The van der Waals surface area contributed by atoms with Gasteiger partial charge in [0, 0.05) is 11.3 Å². The molecule has 0 aliphatic heterocycles. The van der Waals surface area contributed by atoms with Crippen LogP contribution in [0.1, 0.15) is 10.4 Å². The zero-order chi connectivity index (χ0) is 18.6. The Morgan fingerprint density at radius 1 is 0.960 bits per heavy atom. The summed E-state index contributed by atoms with van der Waals surface area (Å²) in [6.45, 7) is 0. The molecule has 2 rings (SSSR count). The van der Waals surface area contributed by atoms with E-state index in [-0.39, 0.29) is 10.5 Å². The van der Waals surface area contributed by atoms with Crippen LogP contribution in [0, 0.1) is 0 Å². The van der Waals surface area contributed by atoms with E-state index in [1.807, 2.05) is 0 Å². The van der Waals surface area contributed by atoms with Crippen LogP contribution in [0.2, 0.25) is 0 Å². The van der Waals surface area contributed by atoms with Gasteiger partial charge in [0.1, 0.15) is 0 Å². The van der Waals surface area contributed by atoms with Crippen LogP contribution < -0.4 is 19.5 Å². The molecule has 2 N–H and O–H groups in total. The molecule has 0 aromatic heterocycles. The van der Waals surface area contributed by atoms with Crippen LogP contribution in [0.5, 0.6) is 17.2 Å². The molecule has 0 saturated carbocycles. The quantitative estimate of drug-likeness (QED) is 0.753. The molecule has 0 spiro atoms. The van der Waals surface area contributed by atoms with Crippen LogP contribution in [0.15, 0.2) is 41.3 Å². The average Bonchev–Trinajstić information content (AvgIpc) is 2.59. The maximum absolute atomic E-state index is 12.4. The predicted molar refractivity (Wildman–Crippen MR) is 90.3 cm³/mol. The summed E-state index contributed by atoms with van der Waals surface area (Å²) in [6.07, 6.45) is 0. The molecule has 9 heteroatoms. The molecule has 8 nitrogen and oxygen atoms in total. The van der Waals surface area contributed by atoms with Gasteiger partial charge in [0.2, 0.25) is 5.75 Å². The lowest BCUT2D eigenvalue weighted by Gasteiger charge is -2.14. The molecule has 0 aliphatic rings. The molecule has 0 atom stereocenters. The van der Waals surface area contributed by atoms with E-state index < -0.39 is 16.0 Å². The van der Waals surface area contributed by atoms with Crippen molar-refractivity contribution in [2.75, 3.05) is 26.6 Å². The Labute approximate surface area is 145 Å². The molecule has 0 radical (unpaired) electrons. The van der Waals surface area contributed by atoms with Crippen molar-refractivity contribution in [2.45, 2.75) is 4.90 Å². The Bertz CT molecular complexity index is 851. The van der Waals surface area contributed by atoms with Crippen molar-refractivity contribution in [1.29, 1.82) is 0 Å². The second-order valence-corrected chi connectivity index (χ2v) is 6.29. The van der Waals surface area contributed by atoms with Crippen molar-refractivity contribution < 1.29 is 32.0 Å². The fraction of sp³-hybridized carbons (Fsp3) is 0.188. The highest BCUT2D eigenvalue weighted by atomic mass is 32.2. The molecule has 0 bridgehead atoms. The summed E-state index contributed by atoms with van der Waals surface area (Å²) in [4.78, 5) is 12.1. The Kier molecular flexibility index (Phi) is 5.50. The van der Waals surface area contributed by atoms with Gasteiger partial charge < -0.3 is 19.5 Å². The predicted octanol–water partition coefficient (Wildman–Crippen LogP) is 2.21. The number of amides is 1. The lowest BCUT2D eigenvalue weighted by atomic mass is 10.1. The largest absolute Gasteiger partial charge is 0.493 e. The van der Waals surface area contributed by atoms with Gasteiger partial charge in [0.25, 0.3) is 16.0 Å². The van der Waals surface area contributed by atoms with E-state index in [9.17, 15) is 13.2 Å². The van der Waals surface area contributed by atoms with Crippen LogP contribution in [0.4, 0.5) is 5.69 Å². The summed E-state index contributed by atoms with van der Waals surface area (Å²) >= 11 is 0. The Morgan fingerprint density at radius 3 is 1.88 bits per heavy atom. The second-order valence-electron chi connectivity index (χ2n) is 4.87. The number of carbonyl (C=O) groups excluding carboxylic acids is 1. The summed E-state index contributed by atoms with van der Waals surface area (Å²) in [7, 11) is 0.0447. The standard InChI is InChI=1S/C16H17NO7S/c1-22-13-8-10(9-14(23-2)15(13)24-3)16(18)17-11-4-6-12(7-5-11)25(19,20)21/h4-9H,1-3H3,(H,17,18)(H,19,20,21). The van der Waals surface area contributed by atoms with Gasteiger partial charge in [0.05, 0.1) is 26.2 Å². The topological polar surface area (TPSA) is 111 Å².